The maximum Gasteiger partial charge on any atom is 0.307 e. The number of carbonyl (C=O) groups excluding carboxylic acids is 1. The van der Waals surface area contributed by atoms with E-state index in [9.17, 15) is 9.59 Å². The predicted octanol–water partition coefficient (Wildman–Crippen LogP) is 1.68. The summed E-state index contributed by atoms with van der Waals surface area (Å²) in [7, 11) is 3.10. The Labute approximate surface area is 124 Å². The van der Waals surface area contributed by atoms with E-state index in [4.69, 9.17) is 14.6 Å². The Balaban J connectivity index is 2.71. The molecule has 6 heteroatoms. The van der Waals surface area contributed by atoms with E-state index in [0.29, 0.717) is 11.5 Å². The van der Waals surface area contributed by atoms with Crippen LogP contribution in [-0.4, -0.2) is 31.2 Å². The highest BCUT2D eigenvalue weighted by atomic mass is 16.5. The maximum atomic E-state index is 11.9. The molecular weight excluding hydrogens is 274 g/mol. The van der Waals surface area contributed by atoms with Gasteiger partial charge >= 0.3 is 5.97 Å². The predicted molar refractivity (Wildman–Crippen MR) is 77.4 cm³/mol. The monoisotopic (exact) mass is 295 g/mol. The van der Waals surface area contributed by atoms with Crippen LogP contribution in [0.1, 0.15) is 19.4 Å². The van der Waals surface area contributed by atoms with Crippen LogP contribution >= 0.6 is 0 Å². The lowest BCUT2D eigenvalue weighted by molar-refractivity contribution is -0.146. The van der Waals surface area contributed by atoms with Crippen LogP contribution in [0.15, 0.2) is 18.2 Å². The molecule has 0 aromatic heterocycles. The highest BCUT2D eigenvalue weighted by Crippen LogP contribution is 2.24. The van der Waals surface area contributed by atoms with Gasteiger partial charge in [0.05, 0.1) is 20.1 Å². The van der Waals surface area contributed by atoms with Crippen LogP contribution < -0.4 is 14.8 Å². The maximum absolute atomic E-state index is 11.9. The van der Waals surface area contributed by atoms with Crippen molar-refractivity contribution < 1.29 is 24.2 Å². The SMILES string of the molecule is COc1ccc(CNC(=O)C(C)C(C)C(=O)O)c(OC)c1. The summed E-state index contributed by atoms with van der Waals surface area (Å²) in [5, 5.41) is 11.6. The number of rotatable bonds is 7. The number of ether oxygens (including phenoxy) is 2. The minimum absolute atomic E-state index is 0.267. The van der Waals surface area contributed by atoms with Gasteiger partial charge in [-0.3, -0.25) is 9.59 Å². The molecule has 116 valence electrons. The molecule has 6 nitrogen and oxygen atoms in total. The average Bonchev–Trinajstić information content (AvgIpc) is 2.50. The molecule has 0 fully saturated rings. The topological polar surface area (TPSA) is 84.9 Å². The second-order valence-corrected chi connectivity index (χ2v) is 4.81. The van der Waals surface area contributed by atoms with Crippen LogP contribution in [0.3, 0.4) is 0 Å². The number of hydrogen-bond acceptors (Lipinski definition) is 4. The molecule has 2 atom stereocenters. The molecule has 0 saturated carbocycles. The van der Waals surface area contributed by atoms with Crippen LogP contribution in [-0.2, 0) is 16.1 Å². The van der Waals surface area contributed by atoms with E-state index in [0.717, 1.165) is 5.56 Å². The number of carbonyl (C=O) groups is 2. The molecule has 0 aliphatic rings. The minimum Gasteiger partial charge on any atom is -0.497 e. The number of nitrogens with one attached hydrogen (secondary N) is 1. The molecule has 0 saturated heterocycles. The van der Waals surface area contributed by atoms with Crippen LogP contribution in [0, 0.1) is 11.8 Å². The fraction of sp³-hybridized carbons (Fsp3) is 0.467. The molecule has 0 radical (unpaired) electrons. The Morgan fingerprint density at radius 2 is 1.86 bits per heavy atom. The van der Waals surface area contributed by atoms with E-state index in [1.807, 2.05) is 0 Å². The number of hydrogen-bond donors (Lipinski definition) is 2. The van der Waals surface area contributed by atoms with E-state index >= 15 is 0 Å². The smallest absolute Gasteiger partial charge is 0.307 e. The van der Waals surface area contributed by atoms with Gasteiger partial charge in [-0.15, -0.1) is 0 Å². The molecule has 0 bridgehead atoms. The van der Waals surface area contributed by atoms with Gasteiger partial charge in [0.15, 0.2) is 0 Å². The molecule has 1 amide bonds. The summed E-state index contributed by atoms with van der Waals surface area (Å²) in [4.78, 5) is 22.8. The van der Waals surface area contributed by atoms with Gasteiger partial charge in [-0.25, -0.2) is 0 Å². The lowest BCUT2D eigenvalue weighted by atomic mass is 9.95. The number of methoxy groups -OCH3 is 2. The summed E-state index contributed by atoms with van der Waals surface area (Å²) in [5.74, 6) is -1.36. The van der Waals surface area contributed by atoms with Crippen molar-refractivity contribution >= 4 is 11.9 Å². The highest BCUT2D eigenvalue weighted by molar-refractivity contribution is 5.84. The fourth-order valence-corrected chi connectivity index (χ4v) is 1.78. The third kappa shape index (κ3) is 4.37. The molecule has 21 heavy (non-hydrogen) atoms. The van der Waals surface area contributed by atoms with Gasteiger partial charge in [-0.1, -0.05) is 13.8 Å². The quantitative estimate of drug-likeness (QED) is 0.799. The van der Waals surface area contributed by atoms with Crippen LogP contribution in [0.25, 0.3) is 0 Å². The van der Waals surface area contributed by atoms with Crippen molar-refractivity contribution in [2.75, 3.05) is 14.2 Å². The molecule has 1 rings (SSSR count). The molecule has 0 aliphatic heterocycles. The Morgan fingerprint density at radius 1 is 1.19 bits per heavy atom. The average molecular weight is 295 g/mol. The molecule has 1 aromatic carbocycles. The van der Waals surface area contributed by atoms with Crippen LogP contribution in [0.2, 0.25) is 0 Å². The Morgan fingerprint density at radius 3 is 2.38 bits per heavy atom. The van der Waals surface area contributed by atoms with E-state index in [1.54, 1.807) is 32.2 Å². The van der Waals surface area contributed by atoms with Crippen LogP contribution in [0.5, 0.6) is 11.5 Å². The zero-order chi connectivity index (χ0) is 16.0. The van der Waals surface area contributed by atoms with E-state index < -0.39 is 17.8 Å². The first-order chi connectivity index (χ1) is 9.90. The first kappa shape index (κ1) is 16.8. The molecule has 2 N–H and O–H groups in total. The highest BCUT2D eigenvalue weighted by Gasteiger charge is 2.25. The Kier molecular flexibility index (Phi) is 6.02. The van der Waals surface area contributed by atoms with Gasteiger partial charge in [-0.05, 0) is 12.1 Å². The fourth-order valence-electron chi connectivity index (χ4n) is 1.78. The second kappa shape index (κ2) is 7.52. The van der Waals surface area contributed by atoms with Crippen molar-refractivity contribution in [3.63, 3.8) is 0 Å². The van der Waals surface area contributed by atoms with Crippen molar-refractivity contribution in [3.05, 3.63) is 23.8 Å². The summed E-state index contributed by atoms with van der Waals surface area (Å²) in [6, 6.07) is 5.29. The van der Waals surface area contributed by atoms with E-state index in [1.165, 1.54) is 14.0 Å². The standard InChI is InChI=1S/C15H21NO5/c1-9(10(2)15(18)19)14(17)16-8-11-5-6-12(20-3)7-13(11)21-4/h5-7,9-10H,8H2,1-4H3,(H,16,17)(H,18,19). The summed E-state index contributed by atoms with van der Waals surface area (Å²) >= 11 is 0. The normalized spacial score (nSPS) is 13.1. The number of carboxylic acid groups (broad SMARTS) is 1. The molecule has 2 unspecified atom stereocenters. The lowest BCUT2D eigenvalue weighted by Gasteiger charge is -2.17. The van der Waals surface area contributed by atoms with Gasteiger partial charge in [0.1, 0.15) is 11.5 Å². The number of aliphatic carboxylic acids is 1. The Hall–Kier alpha value is -2.24. The summed E-state index contributed by atoms with van der Waals surface area (Å²) < 4.78 is 10.3. The lowest BCUT2D eigenvalue weighted by Crippen LogP contribution is -2.34. The third-order valence-electron chi connectivity index (χ3n) is 3.50. The van der Waals surface area contributed by atoms with E-state index in [-0.39, 0.29) is 12.5 Å². The minimum atomic E-state index is -0.986. The van der Waals surface area contributed by atoms with Gasteiger partial charge in [0, 0.05) is 24.1 Å². The summed E-state index contributed by atoms with van der Waals surface area (Å²) in [6.45, 7) is 3.38. The summed E-state index contributed by atoms with van der Waals surface area (Å²) in [5.41, 5.74) is 0.793. The van der Waals surface area contributed by atoms with Gasteiger partial charge < -0.3 is 19.9 Å². The summed E-state index contributed by atoms with van der Waals surface area (Å²) in [6.07, 6.45) is 0. The van der Waals surface area contributed by atoms with Crippen LogP contribution in [0.4, 0.5) is 0 Å². The zero-order valence-electron chi connectivity index (χ0n) is 12.7. The third-order valence-corrected chi connectivity index (χ3v) is 3.50. The number of benzene rings is 1. The van der Waals surface area contributed by atoms with Crippen molar-refractivity contribution in [1.82, 2.24) is 5.32 Å². The van der Waals surface area contributed by atoms with Gasteiger partial charge in [0.2, 0.25) is 5.91 Å². The number of carboxylic acids is 1. The molecule has 0 spiro atoms. The second-order valence-electron chi connectivity index (χ2n) is 4.81. The van der Waals surface area contributed by atoms with Gasteiger partial charge in [0.25, 0.3) is 0 Å². The van der Waals surface area contributed by atoms with E-state index in [2.05, 4.69) is 5.32 Å². The van der Waals surface area contributed by atoms with Crippen molar-refractivity contribution in [3.8, 4) is 11.5 Å². The first-order valence-electron chi connectivity index (χ1n) is 6.62. The molecule has 1 aromatic rings. The van der Waals surface area contributed by atoms with Crippen molar-refractivity contribution in [2.24, 2.45) is 11.8 Å². The molecular formula is C15H21NO5. The number of amides is 1. The Bertz CT molecular complexity index is 515. The molecule has 0 aliphatic carbocycles. The van der Waals surface area contributed by atoms with Gasteiger partial charge in [-0.2, -0.15) is 0 Å². The van der Waals surface area contributed by atoms with Crippen molar-refractivity contribution in [1.29, 1.82) is 0 Å². The van der Waals surface area contributed by atoms with Crippen molar-refractivity contribution in [2.45, 2.75) is 20.4 Å². The zero-order valence-corrected chi connectivity index (χ0v) is 12.7. The largest absolute Gasteiger partial charge is 0.497 e. The molecule has 0 heterocycles. The first-order valence-corrected chi connectivity index (χ1v) is 6.62.